The number of ether oxygens (including phenoxy) is 1. The van der Waals surface area contributed by atoms with Crippen LogP contribution >= 0.6 is 11.3 Å². The largest absolute Gasteiger partial charge is 0.477 e. The highest BCUT2D eigenvalue weighted by Crippen LogP contribution is 2.24. The van der Waals surface area contributed by atoms with Crippen molar-refractivity contribution in [2.75, 3.05) is 13.7 Å². The van der Waals surface area contributed by atoms with Gasteiger partial charge in [-0.2, -0.15) is 0 Å². The number of rotatable bonds is 4. The molecule has 2 aromatic heterocycles. The Morgan fingerprint density at radius 2 is 2.53 bits per heavy atom. The van der Waals surface area contributed by atoms with Crippen LogP contribution in [0.1, 0.15) is 9.67 Å². The molecule has 0 aliphatic rings. The summed E-state index contributed by atoms with van der Waals surface area (Å²) in [6.07, 6.45) is 1.70. The molecule has 2 heterocycles. The molecule has 15 heavy (non-hydrogen) atoms. The molecule has 6 heteroatoms. The summed E-state index contributed by atoms with van der Waals surface area (Å²) in [5, 5.41) is 8.82. The van der Waals surface area contributed by atoms with E-state index in [0.717, 1.165) is 10.3 Å². The number of carboxylic acid groups (broad SMARTS) is 1. The molecule has 2 aromatic rings. The van der Waals surface area contributed by atoms with E-state index in [0.29, 0.717) is 18.0 Å². The molecular weight excluding hydrogens is 216 g/mol. The number of methoxy groups -OCH3 is 1. The van der Waals surface area contributed by atoms with E-state index >= 15 is 0 Å². The third kappa shape index (κ3) is 1.86. The van der Waals surface area contributed by atoms with Gasteiger partial charge in [0.15, 0.2) is 0 Å². The van der Waals surface area contributed by atoms with E-state index in [-0.39, 0.29) is 0 Å². The standard InChI is InChI=1S/C9H10N2O3S/c1-14-3-2-11-5-10-8-6(11)4-7(15-8)9(12)13/h4-5H,2-3H2,1H3,(H,12,13). The molecule has 0 saturated carbocycles. The van der Waals surface area contributed by atoms with E-state index in [1.54, 1.807) is 19.5 Å². The summed E-state index contributed by atoms with van der Waals surface area (Å²) in [5.41, 5.74) is 0.856. The molecule has 0 unspecified atom stereocenters. The minimum atomic E-state index is -0.906. The van der Waals surface area contributed by atoms with Crippen molar-refractivity contribution in [3.63, 3.8) is 0 Å². The molecule has 2 rings (SSSR count). The Kier molecular flexibility index (Phi) is 2.70. The van der Waals surface area contributed by atoms with Gasteiger partial charge in [-0.05, 0) is 6.07 Å². The molecule has 0 saturated heterocycles. The van der Waals surface area contributed by atoms with Crippen LogP contribution in [0.3, 0.4) is 0 Å². The molecule has 1 N–H and O–H groups in total. The minimum Gasteiger partial charge on any atom is -0.477 e. The second-order valence-corrected chi connectivity index (χ2v) is 4.07. The quantitative estimate of drug-likeness (QED) is 0.856. The SMILES string of the molecule is COCCn1cnc2sc(C(=O)O)cc21. The molecule has 0 spiro atoms. The van der Waals surface area contributed by atoms with Crippen LogP contribution in [0.15, 0.2) is 12.4 Å². The molecule has 0 radical (unpaired) electrons. The van der Waals surface area contributed by atoms with Crippen molar-refractivity contribution >= 4 is 27.7 Å². The fourth-order valence-electron chi connectivity index (χ4n) is 1.33. The van der Waals surface area contributed by atoms with Gasteiger partial charge in [0, 0.05) is 13.7 Å². The van der Waals surface area contributed by atoms with Crippen LogP contribution in [0.2, 0.25) is 0 Å². The Bertz CT molecular complexity index is 488. The summed E-state index contributed by atoms with van der Waals surface area (Å²) in [7, 11) is 1.63. The van der Waals surface area contributed by atoms with Crippen LogP contribution in [-0.4, -0.2) is 34.3 Å². The van der Waals surface area contributed by atoms with Gasteiger partial charge in [0.2, 0.25) is 0 Å². The fraction of sp³-hybridized carbons (Fsp3) is 0.333. The van der Waals surface area contributed by atoms with E-state index in [2.05, 4.69) is 4.98 Å². The molecule has 80 valence electrons. The second kappa shape index (κ2) is 4.00. The fourth-order valence-corrected chi connectivity index (χ4v) is 2.17. The van der Waals surface area contributed by atoms with Gasteiger partial charge >= 0.3 is 5.97 Å². The van der Waals surface area contributed by atoms with Gasteiger partial charge in [-0.25, -0.2) is 9.78 Å². The number of thiophene rings is 1. The zero-order valence-corrected chi connectivity index (χ0v) is 8.95. The summed E-state index contributed by atoms with van der Waals surface area (Å²) in [5.74, 6) is -0.906. The Morgan fingerprint density at radius 3 is 3.20 bits per heavy atom. The van der Waals surface area contributed by atoms with Gasteiger partial charge in [-0.3, -0.25) is 0 Å². The number of aromatic nitrogens is 2. The lowest BCUT2D eigenvalue weighted by molar-refractivity contribution is 0.0702. The van der Waals surface area contributed by atoms with Crippen molar-refractivity contribution in [3.8, 4) is 0 Å². The average molecular weight is 226 g/mol. The Balaban J connectivity index is 2.36. The second-order valence-electron chi connectivity index (χ2n) is 3.04. The predicted molar refractivity (Wildman–Crippen MR) is 56.4 cm³/mol. The Labute approximate surface area is 89.9 Å². The Morgan fingerprint density at radius 1 is 1.73 bits per heavy atom. The lowest BCUT2D eigenvalue weighted by Gasteiger charge is -2.00. The van der Waals surface area contributed by atoms with Gasteiger partial charge in [0.05, 0.1) is 18.5 Å². The van der Waals surface area contributed by atoms with Crippen LogP contribution in [0, 0.1) is 0 Å². The first kappa shape index (κ1) is 10.1. The molecule has 0 amide bonds. The predicted octanol–water partition coefficient (Wildman–Crippen LogP) is 1.44. The number of hydrogen-bond donors (Lipinski definition) is 1. The lowest BCUT2D eigenvalue weighted by Crippen LogP contribution is -2.02. The zero-order valence-electron chi connectivity index (χ0n) is 8.14. The van der Waals surface area contributed by atoms with E-state index < -0.39 is 5.97 Å². The number of carbonyl (C=O) groups is 1. The van der Waals surface area contributed by atoms with Crippen molar-refractivity contribution in [1.82, 2.24) is 9.55 Å². The van der Waals surface area contributed by atoms with E-state index in [4.69, 9.17) is 9.84 Å². The summed E-state index contributed by atoms with van der Waals surface area (Å²) in [6, 6.07) is 1.64. The van der Waals surface area contributed by atoms with Crippen LogP contribution < -0.4 is 0 Å². The van der Waals surface area contributed by atoms with Crippen molar-refractivity contribution in [2.45, 2.75) is 6.54 Å². The third-order valence-corrected chi connectivity index (χ3v) is 3.08. The maximum Gasteiger partial charge on any atom is 0.346 e. The van der Waals surface area contributed by atoms with E-state index in [1.165, 1.54) is 11.3 Å². The first-order valence-electron chi connectivity index (χ1n) is 4.39. The summed E-state index contributed by atoms with van der Waals surface area (Å²) < 4.78 is 6.85. The van der Waals surface area contributed by atoms with E-state index in [9.17, 15) is 4.79 Å². The van der Waals surface area contributed by atoms with Crippen LogP contribution in [-0.2, 0) is 11.3 Å². The van der Waals surface area contributed by atoms with Crippen molar-refractivity contribution in [1.29, 1.82) is 0 Å². The number of nitrogens with zero attached hydrogens (tertiary/aromatic N) is 2. The molecular formula is C9H10N2O3S. The summed E-state index contributed by atoms with van der Waals surface area (Å²) in [6.45, 7) is 1.27. The molecule has 0 aromatic carbocycles. The minimum absolute atomic E-state index is 0.319. The first-order valence-corrected chi connectivity index (χ1v) is 5.21. The summed E-state index contributed by atoms with van der Waals surface area (Å²) in [4.78, 5) is 16.0. The highest BCUT2D eigenvalue weighted by atomic mass is 32.1. The molecule has 0 aliphatic heterocycles. The number of aromatic carboxylic acids is 1. The first-order chi connectivity index (χ1) is 7.22. The van der Waals surface area contributed by atoms with Gasteiger partial charge < -0.3 is 14.4 Å². The maximum atomic E-state index is 10.7. The lowest BCUT2D eigenvalue weighted by atomic mass is 10.4. The Hall–Kier alpha value is -1.40. The average Bonchev–Trinajstić information content (AvgIpc) is 2.74. The number of hydrogen-bond acceptors (Lipinski definition) is 4. The highest BCUT2D eigenvalue weighted by molar-refractivity contribution is 7.20. The van der Waals surface area contributed by atoms with Crippen molar-refractivity contribution in [3.05, 3.63) is 17.3 Å². The van der Waals surface area contributed by atoms with Gasteiger partial charge in [0.25, 0.3) is 0 Å². The topological polar surface area (TPSA) is 64.4 Å². The number of carboxylic acids is 1. The zero-order chi connectivity index (χ0) is 10.8. The van der Waals surface area contributed by atoms with Crippen molar-refractivity contribution < 1.29 is 14.6 Å². The van der Waals surface area contributed by atoms with Gasteiger partial charge in [0.1, 0.15) is 9.71 Å². The normalized spacial score (nSPS) is 11.0. The number of fused-ring (bicyclic) bond motifs is 1. The molecule has 0 atom stereocenters. The smallest absolute Gasteiger partial charge is 0.346 e. The van der Waals surface area contributed by atoms with Crippen LogP contribution in [0.5, 0.6) is 0 Å². The van der Waals surface area contributed by atoms with Gasteiger partial charge in [-0.1, -0.05) is 0 Å². The van der Waals surface area contributed by atoms with Crippen LogP contribution in [0.25, 0.3) is 10.3 Å². The van der Waals surface area contributed by atoms with Gasteiger partial charge in [-0.15, -0.1) is 11.3 Å². The van der Waals surface area contributed by atoms with Crippen molar-refractivity contribution in [2.24, 2.45) is 0 Å². The molecule has 0 fully saturated rings. The molecule has 5 nitrogen and oxygen atoms in total. The molecule has 0 aliphatic carbocycles. The highest BCUT2D eigenvalue weighted by Gasteiger charge is 2.12. The number of imidazole rings is 1. The summed E-state index contributed by atoms with van der Waals surface area (Å²) >= 11 is 1.19. The monoisotopic (exact) mass is 226 g/mol. The van der Waals surface area contributed by atoms with Crippen LogP contribution in [0.4, 0.5) is 0 Å². The maximum absolute atomic E-state index is 10.7. The third-order valence-electron chi connectivity index (χ3n) is 2.06. The van der Waals surface area contributed by atoms with E-state index in [1.807, 2.05) is 4.57 Å². The molecule has 0 bridgehead atoms.